The molecule has 0 heterocycles. The van der Waals surface area contributed by atoms with Crippen LogP contribution in [0, 0.1) is 0 Å². The highest BCUT2D eigenvalue weighted by atomic mass is 35.5. The van der Waals surface area contributed by atoms with Crippen LogP contribution in [0.2, 0.25) is 5.02 Å². The first-order chi connectivity index (χ1) is 14.5. The molecule has 31 heavy (non-hydrogen) atoms. The van der Waals surface area contributed by atoms with E-state index in [4.69, 9.17) is 16.7 Å². The van der Waals surface area contributed by atoms with E-state index in [1.54, 1.807) is 24.3 Å². The first kappa shape index (κ1) is 22.8. The first-order valence-electron chi connectivity index (χ1n) is 8.77. The Labute approximate surface area is 185 Å². The van der Waals surface area contributed by atoms with Crippen molar-refractivity contribution in [2.45, 2.75) is 9.79 Å². The van der Waals surface area contributed by atoms with Crippen molar-refractivity contribution in [2.75, 3.05) is 16.7 Å². The third kappa shape index (κ3) is 5.23. The summed E-state index contributed by atoms with van der Waals surface area (Å²) in [5, 5.41) is 8.11. The van der Waals surface area contributed by atoms with E-state index in [0.717, 1.165) is 4.31 Å². The van der Waals surface area contributed by atoms with Crippen LogP contribution in [0.15, 0.2) is 82.6 Å². The number of nitrogens with zero attached hydrogens (tertiary/aromatic N) is 1. The monoisotopic (exact) mass is 479 g/mol. The molecule has 8 nitrogen and oxygen atoms in total. The first-order valence-corrected chi connectivity index (χ1v) is 12.1. The van der Waals surface area contributed by atoms with E-state index in [1.165, 1.54) is 55.6 Å². The lowest BCUT2D eigenvalue weighted by Gasteiger charge is -2.20. The summed E-state index contributed by atoms with van der Waals surface area (Å²) < 4.78 is 49.7. The molecule has 162 valence electrons. The molecule has 0 aromatic heterocycles. The van der Waals surface area contributed by atoms with E-state index < -0.39 is 26.0 Å². The molecule has 0 aliphatic carbocycles. The lowest BCUT2D eigenvalue weighted by Crippen LogP contribution is -2.26. The summed E-state index contributed by atoms with van der Waals surface area (Å²) in [6, 6.07) is 17.1. The summed E-state index contributed by atoms with van der Waals surface area (Å²) >= 11 is 5.85. The summed E-state index contributed by atoms with van der Waals surface area (Å²) in [6.45, 7) is 0. The van der Waals surface area contributed by atoms with Crippen LogP contribution in [-0.4, -0.2) is 29.8 Å². The number of primary sulfonamides is 1. The molecule has 3 aromatic carbocycles. The van der Waals surface area contributed by atoms with Crippen LogP contribution in [-0.2, 0) is 20.0 Å². The maximum atomic E-state index is 13.0. The Balaban J connectivity index is 1.83. The average Bonchev–Trinajstić information content (AvgIpc) is 2.73. The van der Waals surface area contributed by atoms with E-state index in [9.17, 15) is 21.6 Å². The van der Waals surface area contributed by atoms with Gasteiger partial charge in [0, 0.05) is 23.3 Å². The van der Waals surface area contributed by atoms with Gasteiger partial charge in [-0.3, -0.25) is 9.10 Å². The highest BCUT2D eigenvalue weighted by Gasteiger charge is 2.22. The second-order valence-corrected chi connectivity index (χ2v) is 10.5. The van der Waals surface area contributed by atoms with Crippen LogP contribution in [0.3, 0.4) is 0 Å². The van der Waals surface area contributed by atoms with Gasteiger partial charge in [-0.1, -0.05) is 17.7 Å². The number of hydrogen-bond acceptors (Lipinski definition) is 5. The fourth-order valence-electron chi connectivity index (χ4n) is 2.68. The summed E-state index contributed by atoms with van der Waals surface area (Å²) in [6.07, 6.45) is 0. The zero-order chi connectivity index (χ0) is 22.8. The molecule has 0 atom stereocenters. The van der Waals surface area contributed by atoms with Crippen LogP contribution in [0.4, 0.5) is 11.4 Å². The van der Waals surface area contributed by atoms with Crippen molar-refractivity contribution in [3.63, 3.8) is 0 Å². The fourth-order valence-corrected chi connectivity index (χ4v) is 4.56. The van der Waals surface area contributed by atoms with Gasteiger partial charge in [-0.05, 0) is 66.7 Å². The molecule has 0 bridgehead atoms. The molecular weight excluding hydrogens is 462 g/mol. The second-order valence-electron chi connectivity index (χ2n) is 6.50. The number of nitrogens with one attached hydrogen (secondary N) is 1. The molecule has 0 unspecified atom stereocenters. The zero-order valence-electron chi connectivity index (χ0n) is 16.2. The van der Waals surface area contributed by atoms with Crippen LogP contribution in [0.5, 0.6) is 0 Å². The van der Waals surface area contributed by atoms with Crippen LogP contribution >= 0.6 is 11.6 Å². The molecule has 11 heteroatoms. The number of anilines is 2. The van der Waals surface area contributed by atoms with E-state index in [-0.39, 0.29) is 15.4 Å². The molecule has 1 amide bonds. The summed E-state index contributed by atoms with van der Waals surface area (Å²) in [5.41, 5.74) is 0.847. The van der Waals surface area contributed by atoms with Crippen molar-refractivity contribution in [2.24, 2.45) is 5.14 Å². The molecular formula is C20H18ClN3O5S2. The maximum absolute atomic E-state index is 13.0. The third-order valence-electron chi connectivity index (χ3n) is 4.39. The quantitative estimate of drug-likeness (QED) is 0.561. The third-order valence-corrected chi connectivity index (χ3v) is 7.35. The minimum atomic E-state index is -3.93. The maximum Gasteiger partial charge on any atom is 0.264 e. The number of carbonyl (C=O) groups is 1. The molecule has 0 spiro atoms. The number of hydrogen-bond donors (Lipinski definition) is 2. The SMILES string of the molecule is CN(c1ccc(Cl)cc1)S(=O)(=O)c1cccc(C(=O)Nc2ccc(S(N)(=O)=O)cc2)c1. The molecule has 3 aromatic rings. The molecule has 0 saturated carbocycles. The van der Waals surface area contributed by atoms with Gasteiger partial charge in [0.25, 0.3) is 15.9 Å². The van der Waals surface area contributed by atoms with Gasteiger partial charge in [0.15, 0.2) is 0 Å². The summed E-state index contributed by atoms with van der Waals surface area (Å²) in [5.74, 6) is -0.561. The Kier molecular flexibility index (Phi) is 6.37. The summed E-state index contributed by atoms with van der Waals surface area (Å²) in [7, 11) is -6.37. The predicted molar refractivity (Wildman–Crippen MR) is 119 cm³/mol. The zero-order valence-corrected chi connectivity index (χ0v) is 18.6. The predicted octanol–water partition coefficient (Wildman–Crippen LogP) is 3.06. The number of carbonyl (C=O) groups excluding carboxylic acids is 1. The number of nitrogens with two attached hydrogens (primary N) is 1. The second kappa shape index (κ2) is 8.67. The standard InChI is InChI=1S/C20H18ClN3O5S2/c1-24(17-9-5-15(21)6-10-17)31(28,29)19-4-2-3-14(13-19)20(25)23-16-7-11-18(12-8-16)30(22,26)27/h2-13H,1H3,(H,23,25)(H2,22,26,27). The minimum absolute atomic E-state index is 0.0674. The fraction of sp³-hybridized carbons (Fsp3) is 0.0500. The molecule has 3 rings (SSSR count). The minimum Gasteiger partial charge on any atom is -0.322 e. The Bertz CT molecular complexity index is 1320. The molecule has 3 N–H and O–H groups in total. The molecule has 0 fully saturated rings. The number of halogens is 1. The Morgan fingerprint density at radius 2 is 1.52 bits per heavy atom. The van der Waals surface area contributed by atoms with Crippen LogP contribution in [0.1, 0.15) is 10.4 Å². The lowest BCUT2D eigenvalue weighted by atomic mass is 10.2. The number of amides is 1. The van der Waals surface area contributed by atoms with Gasteiger partial charge in [-0.25, -0.2) is 22.0 Å². The van der Waals surface area contributed by atoms with E-state index in [2.05, 4.69) is 5.32 Å². The van der Waals surface area contributed by atoms with Crippen molar-refractivity contribution in [3.05, 3.63) is 83.4 Å². The van der Waals surface area contributed by atoms with Gasteiger partial charge in [0.1, 0.15) is 0 Å². The largest absolute Gasteiger partial charge is 0.322 e. The molecule has 0 aliphatic heterocycles. The smallest absolute Gasteiger partial charge is 0.264 e. The van der Waals surface area contributed by atoms with Crippen molar-refractivity contribution in [3.8, 4) is 0 Å². The van der Waals surface area contributed by atoms with E-state index in [1.807, 2.05) is 0 Å². The van der Waals surface area contributed by atoms with Gasteiger partial charge in [0.2, 0.25) is 10.0 Å². The highest BCUT2D eigenvalue weighted by Crippen LogP contribution is 2.24. The molecule has 0 saturated heterocycles. The molecule has 0 radical (unpaired) electrons. The van der Waals surface area contributed by atoms with E-state index in [0.29, 0.717) is 16.4 Å². The number of rotatable bonds is 6. The van der Waals surface area contributed by atoms with Gasteiger partial charge in [0.05, 0.1) is 15.5 Å². The van der Waals surface area contributed by atoms with Crippen LogP contribution < -0.4 is 14.8 Å². The van der Waals surface area contributed by atoms with Crippen molar-refractivity contribution >= 4 is 48.9 Å². The highest BCUT2D eigenvalue weighted by molar-refractivity contribution is 7.92. The van der Waals surface area contributed by atoms with Crippen molar-refractivity contribution < 1.29 is 21.6 Å². The van der Waals surface area contributed by atoms with Gasteiger partial charge < -0.3 is 5.32 Å². The Hall–Kier alpha value is -2.92. The summed E-state index contributed by atoms with van der Waals surface area (Å²) in [4.78, 5) is 12.4. The topological polar surface area (TPSA) is 127 Å². The van der Waals surface area contributed by atoms with E-state index >= 15 is 0 Å². The van der Waals surface area contributed by atoms with Crippen molar-refractivity contribution in [1.29, 1.82) is 0 Å². The van der Waals surface area contributed by atoms with Gasteiger partial charge in [-0.2, -0.15) is 0 Å². The van der Waals surface area contributed by atoms with Crippen molar-refractivity contribution in [1.82, 2.24) is 0 Å². The average molecular weight is 480 g/mol. The van der Waals surface area contributed by atoms with Gasteiger partial charge >= 0.3 is 0 Å². The molecule has 0 aliphatic rings. The Morgan fingerprint density at radius 3 is 2.10 bits per heavy atom. The Morgan fingerprint density at radius 1 is 0.903 bits per heavy atom. The normalized spacial score (nSPS) is 11.7. The number of benzene rings is 3. The number of sulfonamides is 2. The van der Waals surface area contributed by atoms with Crippen LogP contribution in [0.25, 0.3) is 0 Å². The van der Waals surface area contributed by atoms with Gasteiger partial charge in [-0.15, -0.1) is 0 Å². The lowest BCUT2D eigenvalue weighted by molar-refractivity contribution is 0.102.